The van der Waals surface area contributed by atoms with Gasteiger partial charge in [0.05, 0.1) is 16.3 Å². The van der Waals surface area contributed by atoms with E-state index in [0.29, 0.717) is 11.4 Å². The van der Waals surface area contributed by atoms with E-state index in [2.05, 4.69) is 35.8 Å². The third-order valence-corrected chi connectivity index (χ3v) is 5.79. The van der Waals surface area contributed by atoms with Crippen molar-refractivity contribution in [2.24, 2.45) is 0 Å². The van der Waals surface area contributed by atoms with Crippen molar-refractivity contribution < 1.29 is 8.42 Å². The molecular weight excluding hydrogens is 370 g/mol. The summed E-state index contributed by atoms with van der Waals surface area (Å²) in [5, 5.41) is 3.25. The molecule has 3 rings (SSSR count). The normalized spacial score (nSPS) is 11.9. The smallest absolute Gasteiger partial charge is 0.261 e. The fraction of sp³-hybridized carbons (Fsp3) is 0.227. The molecule has 0 amide bonds. The molecule has 0 aliphatic heterocycles. The van der Waals surface area contributed by atoms with E-state index < -0.39 is 10.0 Å². The molecule has 3 aromatic rings. The van der Waals surface area contributed by atoms with E-state index in [9.17, 15) is 8.42 Å². The Kier molecular flexibility index (Phi) is 5.42. The fourth-order valence-electron chi connectivity index (χ4n) is 2.78. The summed E-state index contributed by atoms with van der Waals surface area (Å²) in [6, 6.07) is 16.2. The molecule has 1 aromatic heterocycles. The summed E-state index contributed by atoms with van der Waals surface area (Å²) < 4.78 is 28.5. The van der Waals surface area contributed by atoms with Crippen LogP contribution in [0, 0.1) is 6.92 Å². The van der Waals surface area contributed by atoms with Gasteiger partial charge in [-0.05, 0) is 59.9 Å². The number of hydrogen-bond donors (Lipinski definition) is 2. The maximum absolute atomic E-state index is 12.9. The molecule has 5 nitrogen and oxygen atoms in total. The molecule has 6 heteroatoms. The van der Waals surface area contributed by atoms with Crippen LogP contribution in [-0.4, -0.2) is 13.4 Å². The largest absolute Gasteiger partial charge is 0.354 e. The van der Waals surface area contributed by atoms with Crippen LogP contribution in [0.2, 0.25) is 0 Å². The second kappa shape index (κ2) is 7.64. The number of anilines is 3. The molecule has 0 aliphatic carbocycles. The Balaban J connectivity index is 1.90. The van der Waals surface area contributed by atoms with Gasteiger partial charge >= 0.3 is 0 Å². The Morgan fingerprint density at radius 3 is 2.11 bits per heavy atom. The first kappa shape index (κ1) is 19.9. The first-order chi connectivity index (χ1) is 13.1. The molecule has 146 valence electrons. The van der Waals surface area contributed by atoms with Crippen molar-refractivity contribution in [2.75, 3.05) is 10.0 Å². The van der Waals surface area contributed by atoms with Crippen molar-refractivity contribution in [1.29, 1.82) is 0 Å². The van der Waals surface area contributed by atoms with Crippen LogP contribution in [0.15, 0.2) is 71.9 Å². The second-order valence-corrected chi connectivity index (χ2v) is 9.47. The molecule has 0 saturated heterocycles. The van der Waals surface area contributed by atoms with E-state index in [4.69, 9.17) is 0 Å². The Morgan fingerprint density at radius 1 is 0.857 bits per heavy atom. The average molecular weight is 396 g/mol. The number of nitrogens with one attached hydrogen (secondary N) is 2. The number of aryl methyl sites for hydroxylation is 1. The molecule has 0 fully saturated rings. The van der Waals surface area contributed by atoms with Crippen LogP contribution in [0.3, 0.4) is 0 Å². The molecule has 0 spiro atoms. The Morgan fingerprint density at radius 2 is 1.50 bits per heavy atom. The first-order valence-corrected chi connectivity index (χ1v) is 10.5. The van der Waals surface area contributed by atoms with Gasteiger partial charge in [0.25, 0.3) is 10.0 Å². The molecule has 0 aliphatic rings. The number of aromatic nitrogens is 1. The quantitative estimate of drug-likeness (QED) is 0.620. The van der Waals surface area contributed by atoms with E-state index >= 15 is 0 Å². The van der Waals surface area contributed by atoms with Gasteiger partial charge in [-0.2, -0.15) is 0 Å². The monoisotopic (exact) mass is 395 g/mol. The van der Waals surface area contributed by atoms with Crippen molar-refractivity contribution in [3.8, 4) is 0 Å². The Bertz CT molecular complexity index is 1060. The van der Waals surface area contributed by atoms with Crippen LogP contribution in [0.5, 0.6) is 0 Å². The summed E-state index contributed by atoms with van der Waals surface area (Å²) in [4.78, 5) is 4.23. The molecule has 0 bridgehead atoms. The molecule has 0 radical (unpaired) electrons. The lowest BCUT2D eigenvalue weighted by atomic mass is 9.87. The lowest BCUT2D eigenvalue weighted by Crippen LogP contribution is -2.15. The summed E-state index contributed by atoms with van der Waals surface area (Å²) in [6.45, 7) is 8.25. The molecular formula is C22H25N3O2S. The zero-order valence-corrected chi connectivity index (χ0v) is 17.3. The molecule has 28 heavy (non-hydrogen) atoms. The Labute approximate surface area is 166 Å². The lowest BCUT2D eigenvalue weighted by molar-refractivity contribution is 0.587. The summed E-state index contributed by atoms with van der Waals surface area (Å²) >= 11 is 0. The van der Waals surface area contributed by atoms with Gasteiger partial charge in [-0.15, -0.1) is 0 Å². The van der Waals surface area contributed by atoms with Crippen molar-refractivity contribution in [2.45, 2.75) is 38.0 Å². The number of rotatable bonds is 5. The van der Waals surface area contributed by atoms with Crippen molar-refractivity contribution >= 4 is 27.1 Å². The third-order valence-electron chi connectivity index (χ3n) is 4.41. The highest BCUT2D eigenvalue weighted by Crippen LogP contribution is 2.29. The Hall–Kier alpha value is -2.86. The maximum Gasteiger partial charge on any atom is 0.261 e. The molecule has 2 N–H and O–H groups in total. The lowest BCUT2D eigenvalue weighted by Gasteiger charge is -2.19. The van der Waals surface area contributed by atoms with Gasteiger partial charge in [0.15, 0.2) is 0 Å². The minimum atomic E-state index is -3.71. The van der Waals surface area contributed by atoms with E-state index in [1.807, 2.05) is 43.3 Å². The van der Waals surface area contributed by atoms with Gasteiger partial charge in [-0.3, -0.25) is 9.71 Å². The highest BCUT2D eigenvalue weighted by Gasteiger charge is 2.19. The van der Waals surface area contributed by atoms with Gasteiger partial charge in [0, 0.05) is 18.1 Å². The molecule has 0 unspecified atom stereocenters. The minimum absolute atomic E-state index is 0.0334. The van der Waals surface area contributed by atoms with Crippen molar-refractivity contribution in [3.63, 3.8) is 0 Å². The van der Waals surface area contributed by atoms with Gasteiger partial charge in [0.2, 0.25) is 0 Å². The van der Waals surface area contributed by atoms with Gasteiger partial charge in [-0.1, -0.05) is 39.0 Å². The highest BCUT2D eigenvalue weighted by atomic mass is 32.2. The number of nitrogens with zero attached hydrogens (tertiary/aromatic N) is 1. The predicted octanol–water partition coefficient (Wildman–Crippen LogP) is 5.23. The second-order valence-electron chi connectivity index (χ2n) is 7.79. The maximum atomic E-state index is 12.9. The van der Waals surface area contributed by atoms with E-state index in [0.717, 1.165) is 16.8 Å². The van der Waals surface area contributed by atoms with E-state index in [1.165, 1.54) is 0 Å². The average Bonchev–Trinajstić information content (AvgIpc) is 2.64. The van der Waals surface area contributed by atoms with E-state index in [1.54, 1.807) is 30.6 Å². The predicted molar refractivity (Wildman–Crippen MR) is 115 cm³/mol. The first-order valence-electron chi connectivity index (χ1n) is 9.06. The van der Waals surface area contributed by atoms with Crippen LogP contribution in [0.1, 0.15) is 31.9 Å². The van der Waals surface area contributed by atoms with Gasteiger partial charge in [0.1, 0.15) is 0 Å². The number of pyridine rings is 1. The van der Waals surface area contributed by atoms with Crippen LogP contribution in [0.4, 0.5) is 17.1 Å². The number of sulfonamides is 1. The summed E-state index contributed by atoms with van der Waals surface area (Å²) in [7, 11) is -3.71. The van der Waals surface area contributed by atoms with Gasteiger partial charge in [-0.25, -0.2) is 8.42 Å². The number of benzene rings is 2. The summed E-state index contributed by atoms with van der Waals surface area (Å²) in [5.74, 6) is 0. The van der Waals surface area contributed by atoms with Gasteiger partial charge < -0.3 is 5.32 Å². The zero-order valence-electron chi connectivity index (χ0n) is 16.5. The van der Waals surface area contributed by atoms with Crippen molar-refractivity contribution in [3.05, 3.63) is 78.1 Å². The van der Waals surface area contributed by atoms with Crippen molar-refractivity contribution in [1.82, 2.24) is 4.98 Å². The van der Waals surface area contributed by atoms with Crippen LogP contribution < -0.4 is 10.0 Å². The molecule has 0 saturated carbocycles. The standard InChI is InChI=1S/C22H25N3O2S/c1-16-5-10-20(21(15-16)24-18-11-13-23-14-12-18)25-28(26,27)19-8-6-17(7-9-19)22(2,3)4/h5-15,25H,1-4H3,(H,23,24). The van der Waals surface area contributed by atoms with Crippen LogP contribution in [0.25, 0.3) is 0 Å². The summed E-state index contributed by atoms with van der Waals surface area (Å²) in [5.41, 5.74) is 4.07. The summed E-state index contributed by atoms with van der Waals surface area (Å²) in [6.07, 6.45) is 3.36. The molecule has 2 aromatic carbocycles. The minimum Gasteiger partial charge on any atom is -0.354 e. The third kappa shape index (κ3) is 4.70. The zero-order chi connectivity index (χ0) is 20.4. The fourth-order valence-corrected chi connectivity index (χ4v) is 3.86. The van der Waals surface area contributed by atoms with E-state index in [-0.39, 0.29) is 10.3 Å². The van der Waals surface area contributed by atoms with Crippen LogP contribution in [-0.2, 0) is 15.4 Å². The molecule has 1 heterocycles. The van der Waals surface area contributed by atoms with Crippen LogP contribution >= 0.6 is 0 Å². The highest BCUT2D eigenvalue weighted by molar-refractivity contribution is 7.92. The SMILES string of the molecule is Cc1ccc(NS(=O)(=O)c2ccc(C(C)(C)C)cc2)c(Nc2ccncc2)c1. The topological polar surface area (TPSA) is 71.1 Å². The molecule has 0 atom stereocenters. The number of hydrogen-bond acceptors (Lipinski definition) is 4.